The van der Waals surface area contributed by atoms with Crippen LogP contribution in [-0.4, -0.2) is 151 Å². The number of amides is 5. The van der Waals surface area contributed by atoms with Crippen molar-refractivity contribution in [1.82, 2.24) is 9.80 Å². The molecule has 21 nitrogen and oxygen atoms in total. The quantitative estimate of drug-likeness (QED) is 0.0467. The number of carboxylic acids is 1. The van der Waals surface area contributed by atoms with E-state index in [2.05, 4.69) is 33.0 Å². The van der Waals surface area contributed by atoms with Crippen LogP contribution >= 0.6 is 0 Å². The zero-order valence-electron chi connectivity index (χ0n) is 51.9. The summed E-state index contributed by atoms with van der Waals surface area (Å²) in [5, 5.41) is 64.3. The van der Waals surface area contributed by atoms with Gasteiger partial charge in [-0.05, 0) is 145 Å². The second-order valence-electron chi connectivity index (χ2n) is 24.2. The van der Waals surface area contributed by atoms with Crippen LogP contribution in [-0.2, 0) is 33.5 Å². The van der Waals surface area contributed by atoms with E-state index in [9.17, 15) is 57.7 Å². The van der Waals surface area contributed by atoms with Gasteiger partial charge in [0.05, 0.1) is 53.4 Å². The predicted molar refractivity (Wildman–Crippen MR) is 343 cm³/mol. The Hall–Kier alpha value is -10.3. The number of alkyl halides is 3. The summed E-state index contributed by atoms with van der Waals surface area (Å²) in [4.78, 5) is 74.8. The Balaban J connectivity index is 0.000000156. The summed E-state index contributed by atoms with van der Waals surface area (Å²) < 4.78 is 60.5. The summed E-state index contributed by atoms with van der Waals surface area (Å²) in [6.45, 7) is -0.550. The number of carboxylic acid groups (broad SMARTS) is 1. The number of aliphatic hydroxyl groups is 2. The molecule has 492 valence electrons. The van der Waals surface area contributed by atoms with Crippen LogP contribution in [0.3, 0.4) is 0 Å². The summed E-state index contributed by atoms with van der Waals surface area (Å²) >= 11 is 0. The number of methoxy groups -OCH3 is 1. The van der Waals surface area contributed by atoms with Gasteiger partial charge in [-0.25, -0.2) is 13.2 Å². The molecule has 3 heterocycles. The van der Waals surface area contributed by atoms with Crippen molar-refractivity contribution in [2.45, 2.75) is 81.8 Å². The molecule has 3 aliphatic carbocycles. The molecule has 12 rings (SSSR count). The number of nitriles is 3. The number of hydrogen-bond donors (Lipinski definition) is 6. The molecule has 0 spiro atoms. The highest BCUT2D eigenvalue weighted by Gasteiger charge is 2.49. The number of carbonyl (C=O) groups excluding carboxylic acids is 5. The molecule has 0 aromatic heterocycles. The van der Waals surface area contributed by atoms with Gasteiger partial charge in [-0.1, -0.05) is 54.6 Å². The number of nitrogens with one attached hydrogen (secondary N) is 3. The number of aliphatic hydroxyl groups excluding tert-OH is 2. The molecule has 0 bridgehead atoms. The maximum atomic E-state index is 14.6. The van der Waals surface area contributed by atoms with Crippen molar-refractivity contribution >= 4 is 58.3 Å². The molecule has 0 unspecified atom stereocenters. The van der Waals surface area contributed by atoms with Gasteiger partial charge in [-0.15, -0.1) is 0 Å². The van der Waals surface area contributed by atoms with Crippen molar-refractivity contribution in [2.24, 2.45) is 23.7 Å². The first kappa shape index (κ1) is 67.6. The molecule has 6 aliphatic rings. The Kier molecular flexibility index (Phi) is 21.5. The van der Waals surface area contributed by atoms with E-state index in [4.69, 9.17) is 29.5 Å². The standard InChI is InChI=1S/C25H24FN3O6.C24H23F2N3O4.C22H23N3O2/c26-20-12-29(23(31)13-30)7-6-22(20)35-21-5-4-15(8-16(21)11-27)14-2-1-3-17(9-14)28-24(32)18-10-19(18)25(33)34;25-24(26)14-29(22(31)13-30)9-8-21(24)33-20-7-6-17(10-18(20)12-27)16-2-1-3-19(11-16)28-23(32)15-4-5-15;1-27-20-9-10-25(14-20)21-8-7-17(11-18(21)13-23)16-3-2-4-19(12-16)24-22(26)15-5-6-15/h1-5,8-9,18-20,22,30H,6-7,10,12-13H2,(H,28,32)(H,33,34);1-3,6-7,10-11,15,21,30H,4-5,8-9,13-14H2,(H,28,32);2-4,7-8,11-12,15,20H,5-6,9-10,14H2,1H3,(H,24,26)/t18-,19-,20-,22+;21-;20-/m101/s1. The van der Waals surface area contributed by atoms with Crippen molar-refractivity contribution in [3.8, 4) is 63.1 Å². The molecule has 0 radical (unpaired) electrons. The van der Waals surface area contributed by atoms with E-state index in [-0.39, 0.29) is 90.8 Å². The van der Waals surface area contributed by atoms with Crippen LogP contribution in [0.4, 0.5) is 35.9 Å². The van der Waals surface area contributed by atoms with E-state index >= 15 is 0 Å². The molecule has 6 N–H and O–H groups in total. The first-order chi connectivity index (χ1) is 45.8. The molecule has 95 heavy (non-hydrogen) atoms. The van der Waals surface area contributed by atoms with Gasteiger partial charge in [-0.3, -0.25) is 28.8 Å². The Bertz CT molecular complexity index is 4010. The molecular weight excluding hydrogens is 1230 g/mol. The van der Waals surface area contributed by atoms with Crippen LogP contribution in [0.5, 0.6) is 11.5 Å². The monoisotopic (exact) mass is 1300 g/mol. The number of piperidine rings is 2. The van der Waals surface area contributed by atoms with E-state index in [1.807, 2.05) is 54.6 Å². The Morgan fingerprint density at radius 2 is 1.03 bits per heavy atom. The van der Waals surface area contributed by atoms with Crippen LogP contribution in [0.1, 0.15) is 68.1 Å². The molecule has 24 heteroatoms. The van der Waals surface area contributed by atoms with Gasteiger partial charge in [0, 0.05) is 75.0 Å². The number of ether oxygens (including phenoxy) is 3. The normalized spacial score (nSPS) is 20.7. The molecule has 3 saturated carbocycles. The highest BCUT2D eigenvalue weighted by Crippen LogP contribution is 2.41. The minimum atomic E-state index is -3.33. The summed E-state index contributed by atoms with van der Waals surface area (Å²) in [5.41, 5.74) is 8.68. The van der Waals surface area contributed by atoms with Gasteiger partial charge in [0.1, 0.15) is 49.0 Å². The number of likely N-dealkylation sites (tertiary alicyclic amines) is 2. The van der Waals surface area contributed by atoms with Crippen molar-refractivity contribution < 1.29 is 71.5 Å². The minimum absolute atomic E-state index is 0.0127. The third-order valence-corrected chi connectivity index (χ3v) is 17.4. The number of rotatable bonds is 18. The maximum Gasteiger partial charge on any atom is 0.307 e. The molecule has 3 aliphatic heterocycles. The number of aliphatic carboxylic acids is 1. The van der Waals surface area contributed by atoms with Gasteiger partial charge in [0.25, 0.3) is 0 Å². The van der Waals surface area contributed by atoms with Crippen LogP contribution in [0.25, 0.3) is 33.4 Å². The largest absolute Gasteiger partial charge is 0.486 e. The van der Waals surface area contributed by atoms with Gasteiger partial charge in [0.2, 0.25) is 29.5 Å². The van der Waals surface area contributed by atoms with E-state index in [1.165, 1.54) is 11.0 Å². The molecule has 6 aromatic rings. The van der Waals surface area contributed by atoms with Crippen molar-refractivity contribution in [2.75, 3.05) is 80.4 Å². The molecule has 6 aromatic carbocycles. The van der Waals surface area contributed by atoms with Crippen molar-refractivity contribution in [3.05, 3.63) is 144 Å². The minimum Gasteiger partial charge on any atom is -0.486 e. The van der Waals surface area contributed by atoms with Crippen molar-refractivity contribution in [1.29, 1.82) is 15.8 Å². The zero-order valence-corrected chi connectivity index (χ0v) is 51.9. The Morgan fingerprint density at radius 3 is 1.48 bits per heavy atom. The third-order valence-electron chi connectivity index (χ3n) is 17.4. The fraction of sp³-hybridized carbons (Fsp3) is 0.366. The van der Waals surface area contributed by atoms with Gasteiger partial charge >= 0.3 is 11.9 Å². The zero-order chi connectivity index (χ0) is 67.5. The lowest BCUT2D eigenvalue weighted by Crippen LogP contribution is -2.55. The van der Waals surface area contributed by atoms with Crippen LogP contribution in [0.2, 0.25) is 0 Å². The number of hydrogen-bond acceptors (Lipinski definition) is 15. The number of carbonyl (C=O) groups is 6. The van der Waals surface area contributed by atoms with Crippen LogP contribution in [0.15, 0.2) is 127 Å². The lowest BCUT2D eigenvalue weighted by atomic mass is 10.0. The van der Waals surface area contributed by atoms with Gasteiger partial charge in [-0.2, -0.15) is 15.8 Å². The Labute approximate surface area is 546 Å². The summed E-state index contributed by atoms with van der Waals surface area (Å²) in [7, 11) is 1.73. The lowest BCUT2D eigenvalue weighted by Gasteiger charge is -2.38. The van der Waals surface area contributed by atoms with E-state index < -0.39 is 73.7 Å². The topological polar surface area (TPSA) is 308 Å². The fourth-order valence-electron chi connectivity index (χ4n) is 11.6. The van der Waals surface area contributed by atoms with Crippen molar-refractivity contribution in [3.63, 3.8) is 0 Å². The van der Waals surface area contributed by atoms with Crippen LogP contribution < -0.4 is 30.3 Å². The van der Waals surface area contributed by atoms with Gasteiger partial charge < -0.3 is 60.2 Å². The summed E-state index contributed by atoms with van der Waals surface area (Å²) in [6.07, 6.45) is 1.60. The summed E-state index contributed by atoms with van der Waals surface area (Å²) in [6, 6.07) is 43.9. The molecular formula is C71H70F3N9O12. The first-order valence-corrected chi connectivity index (χ1v) is 31.3. The highest BCUT2D eigenvalue weighted by molar-refractivity contribution is 5.99. The average Bonchev–Trinajstić information content (AvgIpc) is 1.62. The third kappa shape index (κ3) is 17.1. The second kappa shape index (κ2) is 30.2. The number of benzene rings is 6. The SMILES string of the molecule is CO[C@@H]1CCN(c2ccc(-c3cccc(NC(=O)C4CC4)c3)cc2C#N)C1.N#Cc1cc(-c2cccc(NC(=O)C3CC3)c2)ccc1O[C@H]1CCN(C(=O)CO)CC1(F)F.N#Cc1cc(-c2cccc(NC(=O)[C@@H]3C[C@H]3C(=O)O)c2)ccc1O[C@H]1CCN(C(=O)CO)C[C@H]1F. The molecule has 6 atom stereocenters. The van der Waals surface area contributed by atoms with Gasteiger partial charge in [0.15, 0.2) is 12.3 Å². The number of anilines is 4. The predicted octanol–water partition coefficient (Wildman–Crippen LogP) is 9.17. The molecule has 6 fully saturated rings. The van der Waals surface area contributed by atoms with E-state index in [0.29, 0.717) is 34.5 Å². The fourth-order valence-corrected chi connectivity index (χ4v) is 11.6. The maximum absolute atomic E-state index is 14.6. The second-order valence-corrected chi connectivity index (χ2v) is 24.2. The first-order valence-electron chi connectivity index (χ1n) is 31.3. The number of nitrogens with zero attached hydrogens (tertiary/aromatic N) is 6. The number of halogens is 3. The smallest absolute Gasteiger partial charge is 0.307 e. The van der Waals surface area contributed by atoms with Crippen LogP contribution in [0, 0.1) is 57.7 Å². The molecule has 3 saturated heterocycles. The lowest BCUT2D eigenvalue weighted by molar-refractivity contribution is -0.161. The average molecular weight is 1300 g/mol. The molecule has 5 amide bonds. The van der Waals surface area contributed by atoms with E-state index in [0.717, 1.165) is 83.7 Å². The highest BCUT2D eigenvalue weighted by atomic mass is 19.3. The Morgan fingerprint density at radius 1 is 0.558 bits per heavy atom. The summed E-state index contributed by atoms with van der Waals surface area (Å²) in [5.74, 6) is -6.54. The van der Waals surface area contributed by atoms with E-state index in [1.54, 1.807) is 79.9 Å².